The van der Waals surface area contributed by atoms with E-state index in [1.54, 1.807) is 13.0 Å². The van der Waals surface area contributed by atoms with Crippen molar-refractivity contribution in [1.82, 2.24) is 0 Å². The number of anilines is 1. The highest BCUT2D eigenvalue weighted by Gasteiger charge is 2.14. The lowest BCUT2D eigenvalue weighted by atomic mass is 10.0. The van der Waals surface area contributed by atoms with E-state index in [2.05, 4.69) is 5.32 Å². The van der Waals surface area contributed by atoms with Gasteiger partial charge in [0.2, 0.25) is 0 Å². The average Bonchev–Trinajstić information content (AvgIpc) is 2.34. The van der Waals surface area contributed by atoms with Crippen LogP contribution >= 0.6 is 0 Å². The number of hydrogen-bond donors (Lipinski definition) is 2. The number of nitro groups is 1. The Morgan fingerprint density at radius 1 is 1.53 bits per heavy atom. The molecule has 0 radical (unpaired) electrons. The maximum atomic E-state index is 10.7. The summed E-state index contributed by atoms with van der Waals surface area (Å²) in [5, 5.41) is 31.9. The lowest BCUT2D eigenvalue weighted by molar-refractivity contribution is -0.385. The molecule has 1 rings (SSSR count). The summed E-state index contributed by atoms with van der Waals surface area (Å²) in [5.41, 5.74) is 0.517. The minimum atomic E-state index is -0.571. The molecular formula is C13H17N3O3. The number of aliphatic hydroxyl groups is 1. The zero-order valence-electron chi connectivity index (χ0n) is 11.0. The Morgan fingerprint density at radius 3 is 2.74 bits per heavy atom. The number of nitriles is 1. The van der Waals surface area contributed by atoms with Crippen molar-refractivity contribution < 1.29 is 10.0 Å². The molecule has 0 aromatic heterocycles. The van der Waals surface area contributed by atoms with E-state index < -0.39 is 4.92 Å². The van der Waals surface area contributed by atoms with Crippen molar-refractivity contribution >= 4 is 11.4 Å². The van der Waals surface area contributed by atoms with Gasteiger partial charge in [0.05, 0.1) is 11.0 Å². The summed E-state index contributed by atoms with van der Waals surface area (Å²) in [6.07, 6.45) is 0.314. The molecule has 2 atom stereocenters. The number of rotatable bonds is 6. The highest BCUT2D eigenvalue weighted by atomic mass is 16.6. The molecule has 0 heterocycles. The van der Waals surface area contributed by atoms with Gasteiger partial charge in [0.1, 0.15) is 11.6 Å². The molecule has 1 aromatic carbocycles. The Balaban J connectivity index is 2.71. The molecular weight excluding hydrogens is 246 g/mol. The minimum Gasteiger partial charge on any atom is -0.393 e. The van der Waals surface area contributed by atoms with Crippen molar-refractivity contribution in [2.24, 2.45) is 5.92 Å². The van der Waals surface area contributed by atoms with Gasteiger partial charge in [-0.2, -0.15) is 5.26 Å². The van der Waals surface area contributed by atoms with Crippen LogP contribution in [-0.2, 0) is 0 Å². The summed E-state index contributed by atoms with van der Waals surface area (Å²) in [7, 11) is 0. The van der Waals surface area contributed by atoms with Gasteiger partial charge in [0.25, 0.3) is 5.69 Å². The predicted octanol–water partition coefficient (Wildman–Crippen LogP) is 2.29. The standard InChI is InChI=1S/C13H17N3O3/c1-9(5-10(2)17)8-15-12-3-4-13(16(18)19)11(6-12)7-14/h3-4,6,9-10,15,17H,5,8H2,1-2H3. The van der Waals surface area contributed by atoms with Gasteiger partial charge in [-0.05, 0) is 31.4 Å². The van der Waals surface area contributed by atoms with Crippen LogP contribution in [0.2, 0.25) is 0 Å². The van der Waals surface area contributed by atoms with Crippen LogP contribution < -0.4 is 5.32 Å². The van der Waals surface area contributed by atoms with E-state index >= 15 is 0 Å². The molecule has 0 fully saturated rings. The number of aliphatic hydroxyl groups excluding tert-OH is 1. The van der Waals surface area contributed by atoms with E-state index in [1.165, 1.54) is 12.1 Å². The van der Waals surface area contributed by atoms with Gasteiger partial charge in [-0.1, -0.05) is 6.92 Å². The van der Waals surface area contributed by atoms with Crippen LogP contribution in [0.5, 0.6) is 0 Å². The molecule has 0 spiro atoms. The minimum absolute atomic E-state index is 0.0400. The fourth-order valence-corrected chi connectivity index (χ4v) is 1.85. The first kappa shape index (κ1) is 14.9. The van der Waals surface area contributed by atoms with E-state index in [9.17, 15) is 15.2 Å². The van der Waals surface area contributed by atoms with Crippen molar-refractivity contribution in [1.29, 1.82) is 5.26 Å². The zero-order chi connectivity index (χ0) is 14.4. The molecule has 0 saturated carbocycles. The third-order valence-electron chi connectivity index (χ3n) is 2.71. The number of nitro benzene ring substituents is 1. The van der Waals surface area contributed by atoms with Crippen LogP contribution in [0.4, 0.5) is 11.4 Å². The van der Waals surface area contributed by atoms with E-state index in [0.717, 1.165) is 0 Å². The number of nitrogens with zero attached hydrogens (tertiary/aromatic N) is 2. The first-order valence-corrected chi connectivity index (χ1v) is 6.04. The lowest BCUT2D eigenvalue weighted by Gasteiger charge is -2.15. The van der Waals surface area contributed by atoms with Gasteiger partial charge in [0.15, 0.2) is 0 Å². The zero-order valence-corrected chi connectivity index (χ0v) is 11.0. The van der Waals surface area contributed by atoms with Gasteiger partial charge < -0.3 is 10.4 Å². The Hall–Kier alpha value is -2.13. The molecule has 1 aromatic rings. The van der Waals surface area contributed by atoms with Crippen LogP contribution in [0.15, 0.2) is 18.2 Å². The number of hydrogen-bond acceptors (Lipinski definition) is 5. The number of benzene rings is 1. The fourth-order valence-electron chi connectivity index (χ4n) is 1.85. The highest BCUT2D eigenvalue weighted by Crippen LogP contribution is 2.22. The predicted molar refractivity (Wildman–Crippen MR) is 71.8 cm³/mol. The molecule has 6 nitrogen and oxygen atoms in total. The van der Waals surface area contributed by atoms with E-state index in [0.29, 0.717) is 18.7 Å². The Labute approximate surface area is 111 Å². The lowest BCUT2D eigenvalue weighted by Crippen LogP contribution is -2.16. The molecule has 102 valence electrons. The molecule has 19 heavy (non-hydrogen) atoms. The smallest absolute Gasteiger partial charge is 0.287 e. The van der Waals surface area contributed by atoms with Crippen LogP contribution in [0, 0.1) is 27.4 Å². The molecule has 0 aliphatic carbocycles. The summed E-state index contributed by atoms with van der Waals surface area (Å²) in [6, 6.07) is 6.18. The normalized spacial score (nSPS) is 13.4. The molecule has 2 N–H and O–H groups in total. The van der Waals surface area contributed by atoms with E-state index in [-0.39, 0.29) is 23.3 Å². The molecule has 6 heteroatoms. The van der Waals surface area contributed by atoms with Crippen LogP contribution in [-0.4, -0.2) is 22.7 Å². The Bertz CT molecular complexity index is 494. The van der Waals surface area contributed by atoms with Crippen LogP contribution in [0.25, 0.3) is 0 Å². The summed E-state index contributed by atoms with van der Waals surface area (Å²) in [6.45, 7) is 4.36. The van der Waals surface area contributed by atoms with Crippen LogP contribution in [0.3, 0.4) is 0 Å². The second kappa shape index (κ2) is 6.71. The Morgan fingerprint density at radius 2 is 2.21 bits per heavy atom. The van der Waals surface area contributed by atoms with Gasteiger partial charge in [-0.15, -0.1) is 0 Å². The van der Waals surface area contributed by atoms with Gasteiger partial charge >= 0.3 is 0 Å². The highest BCUT2D eigenvalue weighted by molar-refractivity contribution is 5.58. The van der Waals surface area contributed by atoms with Crippen LogP contribution in [0.1, 0.15) is 25.8 Å². The summed E-state index contributed by atoms with van der Waals surface area (Å²) in [5.74, 6) is 0.265. The van der Waals surface area contributed by atoms with E-state index in [1.807, 2.05) is 13.0 Å². The van der Waals surface area contributed by atoms with Crippen molar-refractivity contribution in [2.75, 3.05) is 11.9 Å². The second-order valence-corrected chi connectivity index (χ2v) is 4.67. The maximum absolute atomic E-state index is 10.7. The van der Waals surface area contributed by atoms with E-state index in [4.69, 9.17) is 5.26 Å². The number of nitrogens with one attached hydrogen (secondary N) is 1. The largest absolute Gasteiger partial charge is 0.393 e. The molecule has 0 bridgehead atoms. The topological polar surface area (TPSA) is 99.2 Å². The third-order valence-corrected chi connectivity index (χ3v) is 2.71. The Kier molecular flexibility index (Phi) is 5.27. The van der Waals surface area contributed by atoms with Crippen molar-refractivity contribution in [2.45, 2.75) is 26.4 Å². The van der Waals surface area contributed by atoms with Gasteiger partial charge in [-0.25, -0.2) is 0 Å². The monoisotopic (exact) mass is 263 g/mol. The molecule has 0 aliphatic heterocycles. The van der Waals surface area contributed by atoms with Crippen molar-refractivity contribution in [3.05, 3.63) is 33.9 Å². The average molecular weight is 263 g/mol. The first-order chi connectivity index (χ1) is 8.93. The van der Waals surface area contributed by atoms with Gasteiger partial charge in [0, 0.05) is 18.3 Å². The first-order valence-electron chi connectivity index (χ1n) is 6.04. The fraction of sp³-hybridized carbons (Fsp3) is 0.462. The molecule has 0 amide bonds. The maximum Gasteiger partial charge on any atom is 0.287 e. The van der Waals surface area contributed by atoms with Crippen molar-refractivity contribution in [3.63, 3.8) is 0 Å². The quantitative estimate of drug-likeness (QED) is 0.606. The summed E-state index contributed by atoms with van der Waals surface area (Å²) < 4.78 is 0. The second-order valence-electron chi connectivity index (χ2n) is 4.67. The van der Waals surface area contributed by atoms with Crippen molar-refractivity contribution in [3.8, 4) is 6.07 Å². The summed E-state index contributed by atoms with van der Waals surface area (Å²) >= 11 is 0. The van der Waals surface area contributed by atoms with Gasteiger partial charge in [-0.3, -0.25) is 10.1 Å². The molecule has 2 unspecified atom stereocenters. The molecule has 0 saturated heterocycles. The molecule has 0 aliphatic rings. The SMILES string of the molecule is CC(O)CC(C)CNc1ccc([N+](=O)[O-])c(C#N)c1. The summed E-state index contributed by atoms with van der Waals surface area (Å²) in [4.78, 5) is 10.1. The third kappa shape index (κ3) is 4.56.